The molecule has 0 aliphatic carbocycles. The second kappa shape index (κ2) is 7.69. The highest BCUT2D eigenvalue weighted by Gasteiger charge is 2.34. The highest BCUT2D eigenvalue weighted by atomic mass is 32.2. The Bertz CT molecular complexity index is 1090. The Hall–Kier alpha value is -3.39. The third kappa shape index (κ3) is 3.54. The molecule has 1 saturated heterocycles. The number of para-hydroxylation sites is 1. The Morgan fingerprint density at radius 2 is 1.86 bits per heavy atom. The summed E-state index contributed by atoms with van der Waals surface area (Å²) in [6.07, 6.45) is 1.69. The van der Waals surface area contributed by atoms with Gasteiger partial charge in [0.15, 0.2) is 5.69 Å². The highest BCUT2D eigenvalue weighted by Crippen LogP contribution is 2.31. The minimum absolute atomic E-state index is 0.102. The number of aromatic amines is 1. The van der Waals surface area contributed by atoms with E-state index in [-0.39, 0.29) is 35.8 Å². The molecule has 7 nitrogen and oxygen atoms in total. The Labute approximate surface area is 164 Å². The van der Waals surface area contributed by atoms with Crippen LogP contribution in [-0.2, 0) is 4.79 Å². The van der Waals surface area contributed by atoms with Crippen molar-refractivity contribution in [1.29, 1.82) is 0 Å². The molecule has 0 bridgehead atoms. The van der Waals surface area contributed by atoms with Gasteiger partial charge in [-0.3, -0.25) is 24.4 Å². The molecular formula is C20H16N4O3S. The van der Waals surface area contributed by atoms with Crippen LogP contribution in [0.5, 0.6) is 0 Å². The molecule has 3 amide bonds. The fraction of sp³-hybridized carbons (Fsp3) is 0.100. The fourth-order valence-corrected chi connectivity index (χ4v) is 3.76. The number of thioether (sulfide) groups is 1. The lowest BCUT2D eigenvalue weighted by Crippen LogP contribution is -2.37. The first-order chi connectivity index (χ1) is 13.6. The van der Waals surface area contributed by atoms with Crippen LogP contribution in [0, 0.1) is 0 Å². The number of carbonyl (C=O) groups excluding carboxylic acids is 3. The summed E-state index contributed by atoms with van der Waals surface area (Å²) in [4.78, 5) is 38.5. The van der Waals surface area contributed by atoms with Crippen molar-refractivity contribution in [2.45, 2.75) is 0 Å². The number of rotatable bonds is 5. The van der Waals surface area contributed by atoms with E-state index in [1.807, 2.05) is 48.5 Å². The predicted octanol–water partition coefficient (Wildman–Crippen LogP) is 3.03. The molecule has 2 aromatic carbocycles. The number of hydrogen-bond donors (Lipinski definition) is 2. The number of aromatic nitrogens is 2. The van der Waals surface area contributed by atoms with Crippen LogP contribution in [0.3, 0.4) is 0 Å². The molecule has 140 valence electrons. The Balaban J connectivity index is 1.38. The van der Waals surface area contributed by atoms with Crippen molar-refractivity contribution in [3.05, 3.63) is 70.8 Å². The maximum atomic E-state index is 12.5. The summed E-state index contributed by atoms with van der Waals surface area (Å²) in [5.74, 6) is -0.706. The van der Waals surface area contributed by atoms with Gasteiger partial charge >= 0.3 is 0 Å². The van der Waals surface area contributed by atoms with Gasteiger partial charge in [0, 0.05) is 18.5 Å². The highest BCUT2D eigenvalue weighted by molar-refractivity contribution is 8.18. The number of benzene rings is 2. The van der Waals surface area contributed by atoms with Crippen molar-refractivity contribution in [3.8, 4) is 0 Å². The molecule has 1 aliphatic heterocycles. The smallest absolute Gasteiger partial charge is 0.293 e. The zero-order valence-corrected chi connectivity index (χ0v) is 15.5. The average Bonchev–Trinajstić information content (AvgIpc) is 3.25. The van der Waals surface area contributed by atoms with Gasteiger partial charge in [0.05, 0.1) is 10.4 Å². The van der Waals surface area contributed by atoms with Crippen LogP contribution in [0.1, 0.15) is 16.1 Å². The van der Waals surface area contributed by atoms with E-state index >= 15 is 0 Å². The van der Waals surface area contributed by atoms with E-state index in [9.17, 15) is 14.4 Å². The molecule has 28 heavy (non-hydrogen) atoms. The number of fused-ring (bicyclic) bond motifs is 1. The molecule has 0 saturated carbocycles. The first kappa shape index (κ1) is 18.0. The van der Waals surface area contributed by atoms with Gasteiger partial charge in [0.1, 0.15) is 0 Å². The summed E-state index contributed by atoms with van der Waals surface area (Å²) >= 11 is 0.904. The third-order valence-corrected chi connectivity index (χ3v) is 5.18. The minimum atomic E-state index is -0.357. The van der Waals surface area contributed by atoms with Crippen LogP contribution in [0.4, 0.5) is 4.79 Å². The number of amides is 3. The van der Waals surface area contributed by atoms with E-state index in [0.717, 1.165) is 33.1 Å². The number of H-pyrrole nitrogens is 1. The van der Waals surface area contributed by atoms with Crippen molar-refractivity contribution >= 4 is 45.8 Å². The second-order valence-corrected chi connectivity index (χ2v) is 7.11. The van der Waals surface area contributed by atoms with Gasteiger partial charge in [-0.15, -0.1) is 0 Å². The van der Waals surface area contributed by atoms with Crippen LogP contribution in [0.15, 0.2) is 59.5 Å². The average molecular weight is 392 g/mol. The largest absolute Gasteiger partial charge is 0.349 e. The molecule has 0 radical (unpaired) electrons. The summed E-state index contributed by atoms with van der Waals surface area (Å²) in [7, 11) is 0. The third-order valence-electron chi connectivity index (χ3n) is 4.28. The normalized spacial score (nSPS) is 15.6. The van der Waals surface area contributed by atoms with Crippen LogP contribution >= 0.6 is 11.8 Å². The summed E-state index contributed by atoms with van der Waals surface area (Å²) < 4.78 is 0. The number of nitrogens with one attached hydrogen (secondary N) is 2. The second-order valence-electron chi connectivity index (χ2n) is 6.12. The molecule has 1 fully saturated rings. The van der Waals surface area contributed by atoms with Crippen molar-refractivity contribution in [2.75, 3.05) is 13.1 Å². The molecule has 3 aromatic rings. The quantitative estimate of drug-likeness (QED) is 0.651. The molecule has 0 unspecified atom stereocenters. The topological polar surface area (TPSA) is 95.2 Å². The van der Waals surface area contributed by atoms with E-state index < -0.39 is 0 Å². The molecule has 2 N–H and O–H groups in total. The van der Waals surface area contributed by atoms with Crippen LogP contribution in [0.25, 0.3) is 17.0 Å². The molecule has 4 rings (SSSR count). The van der Waals surface area contributed by atoms with Crippen molar-refractivity contribution in [1.82, 2.24) is 20.4 Å². The lowest BCUT2D eigenvalue weighted by molar-refractivity contribution is -0.122. The van der Waals surface area contributed by atoms with E-state index in [4.69, 9.17) is 0 Å². The Kier molecular flexibility index (Phi) is 4.94. The zero-order chi connectivity index (χ0) is 19.5. The lowest BCUT2D eigenvalue weighted by atomic mass is 10.2. The van der Waals surface area contributed by atoms with Gasteiger partial charge < -0.3 is 5.32 Å². The summed E-state index contributed by atoms with van der Waals surface area (Å²) in [5.41, 5.74) is 1.91. The van der Waals surface area contributed by atoms with Gasteiger partial charge in [0.2, 0.25) is 0 Å². The van der Waals surface area contributed by atoms with E-state index in [0.29, 0.717) is 4.91 Å². The van der Waals surface area contributed by atoms with Gasteiger partial charge in [-0.1, -0.05) is 48.5 Å². The maximum absolute atomic E-state index is 12.5. The molecular weight excluding hydrogens is 376 g/mol. The van der Waals surface area contributed by atoms with E-state index in [1.165, 1.54) is 0 Å². The van der Waals surface area contributed by atoms with Crippen molar-refractivity contribution < 1.29 is 14.4 Å². The summed E-state index contributed by atoms with van der Waals surface area (Å²) in [5, 5.41) is 9.93. The van der Waals surface area contributed by atoms with Gasteiger partial charge in [-0.05, 0) is 29.5 Å². The van der Waals surface area contributed by atoms with E-state index in [2.05, 4.69) is 15.5 Å². The first-order valence-corrected chi connectivity index (χ1v) is 9.47. The lowest BCUT2D eigenvalue weighted by Gasteiger charge is -2.12. The maximum Gasteiger partial charge on any atom is 0.293 e. The fourth-order valence-electron chi connectivity index (χ4n) is 2.89. The molecule has 2 heterocycles. The first-order valence-electron chi connectivity index (χ1n) is 8.65. The van der Waals surface area contributed by atoms with Gasteiger partial charge in [-0.2, -0.15) is 5.10 Å². The van der Waals surface area contributed by atoms with Crippen molar-refractivity contribution in [2.24, 2.45) is 0 Å². The molecule has 0 spiro atoms. The Morgan fingerprint density at radius 3 is 2.68 bits per heavy atom. The van der Waals surface area contributed by atoms with Crippen LogP contribution in [-0.4, -0.2) is 45.2 Å². The summed E-state index contributed by atoms with van der Waals surface area (Å²) in [6.45, 7) is 0.252. The SMILES string of the molecule is O=C(NCCN1C(=O)S/C(=C\c2ccccc2)C1=O)c1n[nH]c2ccccc12. The van der Waals surface area contributed by atoms with Gasteiger partial charge in [-0.25, -0.2) is 0 Å². The van der Waals surface area contributed by atoms with E-state index in [1.54, 1.807) is 12.1 Å². The summed E-state index contributed by atoms with van der Waals surface area (Å²) in [6, 6.07) is 16.7. The monoisotopic (exact) mass is 392 g/mol. The number of nitrogens with zero attached hydrogens (tertiary/aromatic N) is 2. The number of imide groups is 1. The standard InChI is InChI=1S/C20H16N4O3S/c25-18(17-14-8-4-5-9-15(14)22-23-17)21-10-11-24-19(26)16(28-20(24)27)12-13-6-2-1-3-7-13/h1-9,12H,10-11H2,(H,21,25)(H,22,23)/b16-12-. The van der Waals surface area contributed by atoms with Crippen LogP contribution in [0.2, 0.25) is 0 Å². The minimum Gasteiger partial charge on any atom is -0.349 e. The predicted molar refractivity (Wildman–Crippen MR) is 108 cm³/mol. The number of hydrogen-bond acceptors (Lipinski definition) is 5. The van der Waals surface area contributed by atoms with Crippen LogP contribution < -0.4 is 5.32 Å². The number of carbonyl (C=O) groups is 3. The molecule has 1 aromatic heterocycles. The Morgan fingerprint density at radius 1 is 1.11 bits per heavy atom. The van der Waals surface area contributed by atoms with Crippen molar-refractivity contribution in [3.63, 3.8) is 0 Å². The molecule has 0 atom stereocenters. The van der Waals surface area contributed by atoms with Gasteiger partial charge in [0.25, 0.3) is 17.1 Å². The zero-order valence-electron chi connectivity index (χ0n) is 14.7. The molecule has 1 aliphatic rings. The molecule has 8 heteroatoms.